The van der Waals surface area contributed by atoms with Crippen LogP contribution in [0.3, 0.4) is 0 Å². The molecular formula is C38H49N. The van der Waals surface area contributed by atoms with Crippen molar-refractivity contribution in [3.63, 3.8) is 0 Å². The zero-order chi connectivity index (χ0) is 28.0. The van der Waals surface area contributed by atoms with E-state index in [2.05, 4.69) is 138 Å². The van der Waals surface area contributed by atoms with E-state index >= 15 is 0 Å². The van der Waals surface area contributed by atoms with Gasteiger partial charge in [-0.05, 0) is 84.4 Å². The van der Waals surface area contributed by atoms with Gasteiger partial charge in [0.15, 0.2) is 0 Å². The first-order valence-corrected chi connectivity index (χ1v) is 15.2. The van der Waals surface area contributed by atoms with Crippen LogP contribution >= 0.6 is 0 Å². The van der Waals surface area contributed by atoms with E-state index in [1.807, 2.05) is 0 Å². The standard InChI is InChI=1S/C38H49N/c1-8-10-11-12-13-20-27-37(4,5)29(3)36-33-26-25-32(28-35(33)38(6,7)34(36)9-2)39(30-21-16-14-17-22-30)31-23-18-15-19-24-31/h9,14-19,21-26,28H,8,10-13,20,27H2,1-7H3. The Morgan fingerprint density at radius 3 is 1.90 bits per heavy atom. The predicted molar refractivity (Wildman–Crippen MR) is 172 cm³/mol. The topological polar surface area (TPSA) is 3.24 Å². The number of rotatable bonds is 11. The van der Waals surface area contributed by atoms with E-state index in [9.17, 15) is 0 Å². The molecule has 0 saturated heterocycles. The van der Waals surface area contributed by atoms with Gasteiger partial charge in [0.25, 0.3) is 0 Å². The molecule has 0 spiro atoms. The number of hydrogen-bond acceptors (Lipinski definition) is 1. The van der Waals surface area contributed by atoms with Crippen molar-refractivity contribution in [1.29, 1.82) is 0 Å². The molecule has 1 heteroatoms. The lowest BCUT2D eigenvalue weighted by atomic mass is 9.75. The minimum atomic E-state index is -0.0496. The highest BCUT2D eigenvalue weighted by atomic mass is 15.1. The maximum atomic E-state index is 2.46. The zero-order valence-corrected chi connectivity index (χ0v) is 25.5. The number of hydrogen-bond donors (Lipinski definition) is 0. The fourth-order valence-corrected chi connectivity index (χ4v) is 6.39. The second-order valence-electron chi connectivity index (χ2n) is 12.5. The molecule has 0 saturated carbocycles. The molecule has 3 aromatic rings. The first-order chi connectivity index (χ1) is 18.7. The Labute approximate surface area is 238 Å². The molecule has 0 aromatic heterocycles. The molecule has 1 nitrogen and oxygen atoms in total. The maximum absolute atomic E-state index is 2.46. The first kappa shape index (κ1) is 28.9. The molecule has 0 N–H and O–H groups in total. The van der Waals surface area contributed by atoms with E-state index in [0.717, 1.165) is 0 Å². The minimum Gasteiger partial charge on any atom is -0.310 e. The summed E-state index contributed by atoms with van der Waals surface area (Å²) in [4.78, 5) is 2.38. The minimum absolute atomic E-state index is 0.0496. The van der Waals surface area contributed by atoms with E-state index in [1.165, 1.54) is 89.9 Å². The van der Waals surface area contributed by atoms with Crippen LogP contribution in [0.5, 0.6) is 0 Å². The van der Waals surface area contributed by atoms with Gasteiger partial charge in [0.2, 0.25) is 0 Å². The Kier molecular flexibility index (Phi) is 9.21. The summed E-state index contributed by atoms with van der Waals surface area (Å²) in [6, 6.07) is 28.6. The summed E-state index contributed by atoms with van der Waals surface area (Å²) < 4.78 is 0. The summed E-state index contributed by atoms with van der Waals surface area (Å²) in [6.45, 7) is 16.6. The maximum Gasteiger partial charge on any atom is 0.0465 e. The van der Waals surface area contributed by atoms with Crippen LogP contribution in [0.4, 0.5) is 17.1 Å². The lowest BCUT2D eigenvalue weighted by molar-refractivity contribution is 0.384. The Balaban J connectivity index is 1.75. The Morgan fingerprint density at radius 1 is 0.769 bits per heavy atom. The predicted octanol–water partition coefficient (Wildman–Crippen LogP) is 11.9. The summed E-state index contributed by atoms with van der Waals surface area (Å²) in [5.41, 5.74) is 11.0. The highest BCUT2D eigenvalue weighted by Gasteiger charge is 2.40. The Morgan fingerprint density at radius 2 is 1.33 bits per heavy atom. The molecule has 3 aromatic carbocycles. The lowest BCUT2D eigenvalue weighted by Crippen LogP contribution is -2.18. The van der Waals surface area contributed by atoms with Gasteiger partial charge in [0, 0.05) is 22.5 Å². The molecule has 206 valence electrons. The van der Waals surface area contributed by atoms with Crippen LogP contribution in [-0.4, -0.2) is 0 Å². The number of allylic oxidation sites excluding steroid dienone is 4. The van der Waals surface area contributed by atoms with Crippen molar-refractivity contribution in [2.45, 2.75) is 98.8 Å². The average molecular weight is 520 g/mol. The van der Waals surface area contributed by atoms with Crippen molar-refractivity contribution in [3.8, 4) is 0 Å². The van der Waals surface area contributed by atoms with Gasteiger partial charge in [0.05, 0.1) is 0 Å². The first-order valence-electron chi connectivity index (χ1n) is 15.2. The van der Waals surface area contributed by atoms with E-state index < -0.39 is 0 Å². The monoisotopic (exact) mass is 519 g/mol. The SMILES string of the molecule is CC=C1C(=C(C)C(C)(C)CCCCCCCC)c2ccc(N(c3ccccc3)c3ccccc3)cc2C1(C)C. The van der Waals surface area contributed by atoms with Crippen molar-refractivity contribution in [3.05, 3.63) is 107 Å². The van der Waals surface area contributed by atoms with Crippen molar-refractivity contribution in [2.75, 3.05) is 4.90 Å². The molecule has 1 aliphatic carbocycles. The van der Waals surface area contributed by atoms with Gasteiger partial charge in [-0.25, -0.2) is 0 Å². The number of fused-ring (bicyclic) bond motifs is 1. The molecule has 0 atom stereocenters. The molecule has 0 amide bonds. The molecule has 0 fully saturated rings. The van der Waals surface area contributed by atoms with Crippen LogP contribution in [0.2, 0.25) is 0 Å². The third-order valence-corrected chi connectivity index (χ3v) is 9.01. The van der Waals surface area contributed by atoms with Crippen molar-refractivity contribution in [2.24, 2.45) is 5.41 Å². The van der Waals surface area contributed by atoms with Crippen molar-refractivity contribution in [1.82, 2.24) is 0 Å². The van der Waals surface area contributed by atoms with Gasteiger partial charge in [-0.15, -0.1) is 0 Å². The third-order valence-electron chi connectivity index (χ3n) is 9.01. The Bertz CT molecular complexity index is 1250. The number of anilines is 3. The van der Waals surface area contributed by atoms with Crippen LogP contribution < -0.4 is 4.90 Å². The van der Waals surface area contributed by atoms with Crippen molar-refractivity contribution >= 4 is 22.6 Å². The summed E-state index contributed by atoms with van der Waals surface area (Å²) >= 11 is 0. The molecular weight excluding hydrogens is 470 g/mol. The largest absolute Gasteiger partial charge is 0.310 e. The summed E-state index contributed by atoms with van der Waals surface area (Å²) in [6.07, 6.45) is 11.7. The fourth-order valence-electron chi connectivity index (χ4n) is 6.39. The smallest absolute Gasteiger partial charge is 0.0465 e. The quantitative estimate of drug-likeness (QED) is 0.228. The molecule has 0 radical (unpaired) electrons. The number of benzene rings is 3. The van der Waals surface area contributed by atoms with Crippen LogP contribution in [0.25, 0.3) is 5.57 Å². The van der Waals surface area contributed by atoms with Gasteiger partial charge < -0.3 is 4.90 Å². The highest BCUT2D eigenvalue weighted by molar-refractivity contribution is 5.93. The van der Waals surface area contributed by atoms with Crippen LogP contribution in [-0.2, 0) is 5.41 Å². The normalized spacial score (nSPS) is 16.8. The Hall–Kier alpha value is -3.06. The number of unbranched alkanes of at least 4 members (excludes halogenated alkanes) is 5. The zero-order valence-electron chi connectivity index (χ0n) is 25.5. The fraction of sp³-hybridized carbons (Fsp3) is 0.421. The van der Waals surface area contributed by atoms with E-state index in [1.54, 1.807) is 0 Å². The molecule has 0 aliphatic heterocycles. The summed E-state index contributed by atoms with van der Waals surface area (Å²) in [7, 11) is 0. The molecule has 0 unspecified atom stereocenters. The van der Waals surface area contributed by atoms with Crippen LogP contribution in [0.1, 0.15) is 105 Å². The molecule has 39 heavy (non-hydrogen) atoms. The number of para-hydroxylation sites is 2. The molecule has 0 heterocycles. The van der Waals surface area contributed by atoms with Gasteiger partial charge in [0.1, 0.15) is 0 Å². The highest BCUT2D eigenvalue weighted by Crippen LogP contribution is 2.54. The van der Waals surface area contributed by atoms with Gasteiger partial charge >= 0.3 is 0 Å². The van der Waals surface area contributed by atoms with Gasteiger partial charge in [-0.3, -0.25) is 0 Å². The van der Waals surface area contributed by atoms with Gasteiger partial charge in [-0.2, -0.15) is 0 Å². The van der Waals surface area contributed by atoms with Crippen molar-refractivity contribution < 1.29 is 0 Å². The average Bonchev–Trinajstić information content (AvgIpc) is 3.17. The molecule has 1 aliphatic rings. The summed E-state index contributed by atoms with van der Waals surface area (Å²) in [5, 5.41) is 0. The summed E-state index contributed by atoms with van der Waals surface area (Å²) in [5.74, 6) is 0. The molecule has 4 rings (SSSR count). The van der Waals surface area contributed by atoms with Crippen LogP contribution in [0, 0.1) is 5.41 Å². The van der Waals surface area contributed by atoms with Crippen LogP contribution in [0.15, 0.2) is 96.1 Å². The van der Waals surface area contributed by atoms with Gasteiger partial charge in [-0.1, -0.05) is 127 Å². The second-order valence-corrected chi connectivity index (χ2v) is 12.5. The van der Waals surface area contributed by atoms with E-state index in [-0.39, 0.29) is 10.8 Å². The third kappa shape index (κ3) is 6.08. The molecule has 0 bridgehead atoms. The van der Waals surface area contributed by atoms with E-state index in [0.29, 0.717) is 0 Å². The second kappa shape index (κ2) is 12.4. The lowest BCUT2D eigenvalue weighted by Gasteiger charge is -2.30. The van der Waals surface area contributed by atoms with E-state index in [4.69, 9.17) is 0 Å². The number of nitrogens with zero attached hydrogens (tertiary/aromatic N) is 1.